The molecule has 1 fully saturated rings. The fraction of sp³-hybridized carbons (Fsp3) is 0.571. The van der Waals surface area contributed by atoms with Gasteiger partial charge in [0, 0.05) is 11.9 Å². The molecular formula is C14H19BrO3. The highest BCUT2D eigenvalue weighted by Gasteiger charge is 2.17. The Labute approximate surface area is 117 Å². The minimum absolute atomic E-state index is 0.146. The molecule has 0 radical (unpaired) electrons. The predicted molar refractivity (Wildman–Crippen MR) is 74.7 cm³/mol. The highest BCUT2D eigenvalue weighted by atomic mass is 79.9. The second-order valence-corrected chi connectivity index (χ2v) is 4.87. The van der Waals surface area contributed by atoms with Crippen molar-refractivity contribution in [2.75, 3.05) is 19.8 Å². The second kappa shape index (κ2) is 7.00. The van der Waals surface area contributed by atoms with Crippen LogP contribution in [0, 0.1) is 0 Å². The standard InChI is InChI=1S/C14H19BrO3/c1-2-17-14-8-11(9-15)5-6-13(14)18-12-4-3-7-16-10-12/h5-6,8,12H,2-4,7,9-10H2,1H3. The molecule has 0 bridgehead atoms. The molecule has 18 heavy (non-hydrogen) atoms. The first-order valence-electron chi connectivity index (χ1n) is 6.39. The third-order valence-electron chi connectivity index (χ3n) is 2.87. The van der Waals surface area contributed by atoms with Crippen LogP contribution in [-0.2, 0) is 10.1 Å². The van der Waals surface area contributed by atoms with Crippen LogP contribution >= 0.6 is 15.9 Å². The van der Waals surface area contributed by atoms with E-state index in [4.69, 9.17) is 14.2 Å². The molecule has 1 aromatic rings. The summed E-state index contributed by atoms with van der Waals surface area (Å²) >= 11 is 3.45. The molecule has 0 spiro atoms. The number of hydrogen-bond donors (Lipinski definition) is 0. The third kappa shape index (κ3) is 3.62. The van der Waals surface area contributed by atoms with Gasteiger partial charge in [0.05, 0.1) is 13.2 Å². The SMILES string of the molecule is CCOc1cc(CBr)ccc1OC1CCCOC1. The summed E-state index contributed by atoms with van der Waals surface area (Å²) in [7, 11) is 0. The summed E-state index contributed by atoms with van der Waals surface area (Å²) in [6.45, 7) is 4.14. The highest BCUT2D eigenvalue weighted by Crippen LogP contribution is 2.31. The van der Waals surface area contributed by atoms with Crippen molar-refractivity contribution in [2.24, 2.45) is 0 Å². The van der Waals surface area contributed by atoms with Gasteiger partial charge in [-0.15, -0.1) is 0 Å². The van der Waals surface area contributed by atoms with Crippen molar-refractivity contribution in [1.29, 1.82) is 0 Å². The first-order valence-corrected chi connectivity index (χ1v) is 7.51. The molecule has 1 heterocycles. The van der Waals surface area contributed by atoms with E-state index in [1.807, 2.05) is 19.1 Å². The molecule has 100 valence electrons. The van der Waals surface area contributed by atoms with E-state index in [0.29, 0.717) is 13.2 Å². The summed E-state index contributed by atoms with van der Waals surface area (Å²) < 4.78 is 17.0. The van der Waals surface area contributed by atoms with Gasteiger partial charge in [0.25, 0.3) is 0 Å². The summed E-state index contributed by atoms with van der Waals surface area (Å²) in [6, 6.07) is 6.06. The molecule has 1 aliphatic heterocycles. The number of benzene rings is 1. The Hall–Kier alpha value is -0.740. The molecule has 0 N–H and O–H groups in total. The maximum Gasteiger partial charge on any atom is 0.161 e. The van der Waals surface area contributed by atoms with Crippen LogP contribution in [0.25, 0.3) is 0 Å². The molecule has 0 aromatic heterocycles. The highest BCUT2D eigenvalue weighted by molar-refractivity contribution is 9.08. The van der Waals surface area contributed by atoms with Crippen molar-refractivity contribution in [3.05, 3.63) is 23.8 Å². The van der Waals surface area contributed by atoms with Crippen LogP contribution in [0.1, 0.15) is 25.3 Å². The van der Waals surface area contributed by atoms with Crippen molar-refractivity contribution < 1.29 is 14.2 Å². The molecule has 1 atom stereocenters. The quantitative estimate of drug-likeness (QED) is 0.778. The predicted octanol–water partition coefficient (Wildman–Crippen LogP) is 3.54. The lowest BCUT2D eigenvalue weighted by atomic mass is 10.1. The first kappa shape index (κ1) is 13.7. The molecule has 3 nitrogen and oxygen atoms in total. The Morgan fingerprint density at radius 1 is 1.39 bits per heavy atom. The molecule has 2 rings (SSSR count). The van der Waals surface area contributed by atoms with Crippen molar-refractivity contribution in [2.45, 2.75) is 31.2 Å². The van der Waals surface area contributed by atoms with Crippen molar-refractivity contribution >= 4 is 15.9 Å². The van der Waals surface area contributed by atoms with E-state index >= 15 is 0 Å². The third-order valence-corrected chi connectivity index (χ3v) is 3.52. The topological polar surface area (TPSA) is 27.7 Å². The van der Waals surface area contributed by atoms with Gasteiger partial charge in [-0.1, -0.05) is 22.0 Å². The van der Waals surface area contributed by atoms with Crippen LogP contribution in [0.4, 0.5) is 0 Å². The van der Waals surface area contributed by atoms with Crippen LogP contribution in [-0.4, -0.2) is 25.9 Å². The Bertz CT molecular complexity index is 375. The fourth-order valence-corrected chi connectivity index (χ4v) is 2.33. The second-order valence-electron chi connectivity index (χ2n) is 4.30. The molecule has 1 aliphatic rings. The molecule has 0 aliphatic carbocycles. The first-order chi connectivity index (χ1) is 8.83. The van der Waals surface area contributed by atoms with E-state index < -0.39 is 0 Å². The van der Waals surface area contributed by atoms with Gasteiger partial charge in [0.2, 0.25) is 0 Å². The summed E-state index contributed by atoms with van der Waals surface area (Å²) in [4.78, 5) is 0. The van der Waals surface area contributed by atoms with E-state index in [2.05, 4.69) is 22.0 Å². The largest absolute Gasteiger partial charge is 0.490 e. The summed E-state index contributed by atoms with van der Waals surface area (Å²) in [6.07, 6.45) is 2.26. The molecule has 4 heteroatoms. The van der Waals surface area contributed by atoms with E-state index in [-0.39, 0.29) is 6.10 Å². The normalized spacial score (nSPS) is 19.6. The Morgan fingerprint density at radius 2 is 2.28 bits per heavy atom. The van der Waals surface area contributed by atoms with Gasteiger partial charge in [-0.05, 0) is 37.5 Å². The zero-order valence-corrected chi connectivity index (χ0v) is 12.2. The lowest BCUT2D eigenvalue weighted by Gasteiger charge is -2.24. The van der Waals surface area contributed by atoms with Gasteiger partial charge in [0.1, 0.15) is 6.10 Å². The van der Waals surface area contributed by atoms with Gasteiger partial charge in [-0.2, -0.15) is 0 Å². The van der Waals surface area contributed by atoms with Gasteiger partial charge in [-0.3, -0.25) is 0 Å². The van der Waals surface area contributed by atoms with Crippen molar-refractivity contribution in [3.8, 4) is 11.5 Å². The fourth-order valence-electron chi connectivity index (χ4n) is 1.98. The maximum absolute atomic E-state index is 5.97. The number of halogens is 1. The van der Waals surface area contributed by atoms with E-state index in [1.165, 1.54) is 5.56 Å². The zero-order valence-electron chi connectivity index (χ0n) is 10.7. The zero-order chi connectivity index (χ0) is 12.8. The Kier molecular flexibility index (Phi) is 5.32. The van der Waals surface area contributed by atoms with Crippen molar-refractivity contribution in [1.82, 2.24) is 0 Å². The van der Waals surface area contributed by atoms with Gasteiger partial charge >= 0.3 is 0 Å². The van der Waals surface area contributed by atoms with E-state index in [9.17, 15) is 0 Å². The Balaban J connectivity index is 2.09. The molecule has 1 saturated heterocycles. The summed E-state index contributed by atoms with van der Waals surface area (Å²) in [5.74, 6) is 1.64. The van der Waals surface area contributed by atoms with Crippen LogP contribution in [0.2, 0.25) is 0 Å². The van der Waals surface area contributed by atoms with Crippen LogP contribution in [0.15, 0.2) is 18.2 Å². The van der Waals surface area contributed by atoms with Crippen LogP contribution in [0.3, 0.4) is 0 Å². The smallest absolute Gasteiger partial charge is 0.161 e. The summed E-state index contributed by atoms with van der Waals surface area (Å²) in [5, 5.41) is 0.819. The average Bonchev–Trinajstić information content (AvgIpc) is 2.42. The molecule has 1 unspecified atom stereocenters. The minimum atomic E-state index is 0.146. The molecule has 1 aromatic carbocycles. The molecular weight excluding hydrogens is 296 g/mol. The number of alkyl halides is 1. The number of rotatable bonds is 5. The lowest BCUT2D eigenvalue weighted by molar-refractivity contribution is 0.00624. The van der Waals surface area contributed by atoms with E-state index in [1.54, 1.807) is 0 Å². The van der Waals surface area contributed by atoms with Gasteiger partial charge in [0.15, 0.2) is 11.5 Å². The van der Waals surface area contributed by atoms with E-state index in [0.717, 1.165) is 36.3 Å². The molecule has 0 amide bonds. The maximum atomic E-state index is 5.97. The average molecular weight is 315 g/mol. The van der Waals surface area contributed by atoms with Gasteiger partial charge in [-0.25, -0.2) is 0 Å². The Morgan fingerprint density at radius 3 is 2.94 bits per heavy atom. The van der Waals surface area contributed by atoms with Crippen molar-refractivity contribution in [3.63, 3.8) is 0 Å². The van der Waals surface area contributed by atoms with Crippen LogP contribution < -0.4 is 9.47 Å². The van der Waals surface area contributed by atoms with Gasteiger partial charge < -0.3 is 14.2 Å². The summed E-state index contributed by atoms with van der Waals surface area (Å²) in [5.41, 5.74) is 1.19. The monoisotopic (exact) mass is 314 g/mol. The number of ether oxygens (including phenoxy) is 3. The minimum Gasteiger partial charge on any atom is -0.490 e. The molecule has 0 saturated carbocycles. The van der Waals surface area contributed by atoms with Crippen LogP contribution in [0.5, 0.6) is 11.5 Å². The lowest BCUT2D eigenvalue weighted by Crippen LogP contribution is -2.28. The number of hydrogen-bond acceptors (Lipinski definition) is 3.